The molecule has 0 unspecified atom stereocenters. The molecule has 7 heteroatoms. The van der Waals surface area contributed by atoms with Crippen molar-refractivity contribution in [3.63, 3.8) is 0 Å². The first-order chi connectivity index (χ1) is 11.9. The lowest BCUT2D eigenvalue weighted by atomic mass is 9.99. The van der Waals surface area contributed by atoms with Gasteiger partial charge in [0, 0.05) is 24.2 Å². The number of hydrogen-bond acceptors (Lipinski definition) is 3. The van der Waals surface area contributed by atoms with Crippen LogP contribution in [0.3, 0.4) is 0 Å². The summed E-state index contributed by atoms with van der Waals surface area (Å²) in [7, 11) is 1.52. The Morgan fingerprint density at radius 2 is 1.88 bits per heavy atom. The van der Waals surface area contributed by atoms with E-state index < -0.39 is 34.0 Å². The molecule has 5 nitrogen and oxygen atoms in total. The van der Waals surface area contributed by atoms with Crippen LogP contribution < -0.4 is 10.2 Å². The van der Waals surface area contributed by atoms with Crippen molar-refractivity contribution < 1.29 is 23.4 Å². The maximum atomic E-state index is 14.3. The van der Waals surface area contributed by atoms with E-state index in [-0.39, 0.29) is 17.5 Å². The maximum absolute atomic E-state index is 14.3. The van der Waals surface area contributed by atoms with Crippen molar-refractivity contribution in [3.05, 3.63) is 75.1 Å². The van der Waals surface area contributed by atoms with Crippen molar-refractivity contribution >= 4 is 16.9 Å². The fourth-order valence-corrected chi connectivity index (χ4v) is 2.67. The van der Waals surface area contributed by atoms with Gasteiger partial charge in [-0.2, -0.15) is 0 Å². The van der Waals surface area contributed by atoms with Crippen LogP contribution in [0.15, 0.2) is 41.3 Å². The molecule has 0 aliphatic rings. The van der Waals surface area contributed by atoms with E-state index in [1.807, 2.05) is 0 Å². The predicted molar refractivity (Wildman–Crippen MR) is 87.2 cm³/mol. The summed E-state index contributed by atoms with van der Waals surface area (Å²) < 4.78 is 33.5. The molecule has 2 aromatic carbocycles. The zero-order valence-corrected chi connectivity index (χ0v) is 13.1. The van der Waals surface area contributed by atoms with Gasteiger partial charge in [-0.25, -0.2) is 13.6 Å². The normalized spacial score (nSPS) is 10.8. The highest BCUT2D eigenvalue weighted by atomic mass is 19.1. The van der Waals surface area contributed by atoms with Gasteiger partial charge >= 0.3 is 5.97 Å². The summed E-state index contributed by atoms with van der Waals surface area (Å²) in [6.07, 6.45) is 1.04. The Hall–Kier alpha value is -3.22. The Kier molecular flexibility index (Phi) is 4.22. The lowest BCUT2D eigenvalue weighted by molar-refractivity contribution is 0.0695. The maximum Gasteiger partial charge on any atom is 0.341 e. The van der Waals surface area contributed by atoms with Crippen LogP contribution >= 0.6 is 0 Å². The van der Waals surface area contributed by atoms with E-state index in [9.17, 15) is 18.4 Å². The molecule has 0 saturated carbocycles. The van der Waals surface area contributed by atoms with Crippen LogP contribution in [0.5, 0.6) is 5.75 Å². The zero-order chi connectivity index (χ0) is 18.1. The standard InChI is InChI=1S/C18H13F2NO4/c1-25-10-4-2-9(3-5-10)6-11-13(19)7-14(20)15-16(11)21-8-12(17(15)22)18(23)24/h2-5,7-8H,6H2,1H3,(H,21,22)(H,23,24). The van der Waals surface area contributed by atoms with Crippen LogP contribution in [0.25, 0.3) is 10.9 Å². The van der Waals surface area contributed by atoms with Crippen LogP contribution in [0, 0.1) is 11.6 Å². The Morgan fingerprint density at radius 3 is 2.48 bits per heavy atom. The zero-order valence-electron chi connectivity index (χ0n) is 13.1. The number of pyridine rings is 1. The topological polar surface area (TPSA) is 79.4 Å². The van der Waals surface area contributed by atoms with Gasteiger partial charge in [0.15, 0.2) is 0 Å². The summed E-state index contributed by atoms with van der Waals surface area (Å²) in [6.45, 7) is 0. The number of fused-ring (bicyclic) bond motifs is 1. The number of ether oxygens (including phenoxy) is 1. The number of H-pyrrole nitrogens is 1. The SMILES string of the molecule is COc1ccc(Cc2c(F)cc(F)c3c(=O)c(C(=O)O)c[nH]c23)cc1. The number of carbonyl (C=O) groups is 1. The average molecular weight is 345 g/mol. The van der Waals surface area contributed by atoms with E-state index in [4.69, 9.17) is 9.84 Å². The second kappa shape index (κ2) is 6.35. The molecule has 0 amide bonds. The summed E-state index contributed by atoms with van der Waals surface area (Å²) >= 11 is 0. The van der Waals surface area contributed by atoms with Crippen LogP contribution in [0.2, 0.25) is 0 Å². The van der Waals surface area contributed by atoms with Gasteiger partial charge in [0.1, 0.15) is 22.9 Å². The highest BCUT2D eigenvalue weighted by Crippen LogP contribution is 2.24. The highest BCUT2D eigenvalue weighted by molar-refractivity contribution is 5.93. The summed E-state index contributed by atoms with van der Waals surface area (Å²) in [5.41, 5.74) is -0.849. The Balaban J connectivity index is 2.19. The molecule has 25 heavy (non-hydrogen) atoms. The Labute approximate surface area is 140 Å². The summed E-state index contributed by atoms with van der Waals surface area (Å²) in [5, 5.41) is 8.53. The van der Waals surface area contributed by atoms with Crippen LogP contribution in [0.4, 0.5) is 8.78 Å². The quantitative estimate of drug-likeness (QED) is 0.761. The van der Waals surface area contributed by atoms with Crippen molar-refractivity contribution in [3.8, 4) is 5.75 Å². The number of aromatic nitrogens is 1. The monoisotopic (exact) mass is 345 g/mol. The summed E-state index contributed by atoms with van der Waals surface area (Å²) in [4.78, 5) is 25.8. The van der Waals surface area contributed by atoms with Crippen molar-refractivity contribution in [1.82, 2.24) is 4.98 Å². The van der Waals surface area contributed by atoms with Crippen LogP contribution in [-0.4, -0.2) is 23.2 Å². The van der Waals surface area contributed by atoms with Gasteiger partial charge in [-0.1, -0.05) is 12.1 Å². The number of nitrogens with one attached hydrogen (secondary N) is 1. The Morgan fingerprint density at radius 1 is 1.20 bits per heavy atom. The largest absolute Gasteiger partial charge is 0.497 e. The molecular weight excluding hydrogens is 332 g/mol. The molecule has 1 aromatic heterocycles. The first-order valence-corrected chi connectivity index (χ1v) is 7.31. The van der Waals surface area contributed by atoms with E-state index in [2.05, 4.69) is 4.98 Å². The minimum atomic E-state index is -1.48. The molecule has 0 saturated heterocycles. The van der Waals surface area contributed by atoms with E-state index in [1.54, 1.807) is 24.3 Å². The van der Waals surface area contributed by atoms with E-state index in [1.165, 1.54) is 7.11 Å². The van der Waals surface area contributed by atoms with Crippen molar-refractivity contribution in [2.45, 2.75) is 6.42 Å². The Bertz CT molecular complexity index is 1030. The fraction of sp³-hybridized carbons (Fsp3) is 0.111. The van der Waals surface area contributed by atoms with Gasteiger partial charge in [0.25, 0.3) is 0 Å². The molecule has 0 aliphatic heterocycles. The van der Waals surface area contributed by atoms with Crippen molar-refractivity contribution in [2.75, 3.05) is 7.11 Å². The van der Waals surface area contributed by atoms with Crippen LogP contribution in [0.1, 0.15) is 21.5 Å². The van der Waals surface area contributed by atoms with Gasteiger partial charge in [-0.3, -0.25) is 4.79 Å². The second-order valence-electron chi connectivity index (χ2n) is 5.43. The molecule has 0 radical (unpaired) electrons. The number of aromatic amines is 1. The third kappa shape index (κ3) is 2.96. The van der Waals surface area contributed by atoms with E-state index in [0.29, 0.717) is 11.8 Å². The number of hydrogen-bond donors (Lipinski definition) is 2. The summed E-state index contributed by atoms with van der Waals surface area (Å²) in [6, 6.07) is 7.44. The molecule has 3 aromatic rings. The van der Waals surface area contributed by atoms with Crippen LogP contribution in [-0.2, 0) is 6.42 Å². The number of aromatic carboxylic acids is 1. The third-order valence-corrected chi connectivity index (χ3v) is 3.94. The number of benzene rings is 2. The molecule has 128 valence electrons. The number of rotatable bonds is 4. The third-order valence-electron chi connectivity index (χ3n) is 3.94. The molecule has 0 aliphatic carbocycles. The molecule has 0 bridgehead atoms. The second-order valence-corrected chi connectivity index (χ2v) is 5.43. The lowest BCUT2D eigenvalue weighted by Gasteiger charge is -2.10. The van der Waals surface area contributed by atoms with Gasteiger partial charge in [0.05, 0.1) is 18.0 Å². The molecule has 0 fully saturated rings. The molecule has 1 heterocycles. The first-order valence-electron chi connectivity index (χ1n) is 7.31. The van der Waals surface area contributed by atoms with E-state index in [0.717, 1.165) is 11.8 Å². The van der Waals surface area contributed by atoms with Crippen molar-refractivity contribution in [1.29, 1.82) is 0 Å². The van der Waals surface area contributed by atoms with Crippen molar-refractivity contribution in [2.24, 2.45) is 0 Å². The molecule has 0 spiro atoms. The fourth-order valence-electron chi connectivity index (χ4n) is 2.67. The smallest absolute Gasteiger partial charge is 0.341 e. The van der Waals surface area contributed by atoms with Gasteiger partial charge in [0.2, 0.25) is 5.43 Å². The molecule has 3 rings (SSSR count). The minimum absolute atomic E-state index is 0.0525. The van der Waals surface area contributed by atoms with E-state index >= 15 is 0 Å². The predicted octanol–water partition coefficient (Wildman–Crippen LogP) is 3.10. The number of halogens is 2. The number of carboxylic acids is 1. The average Bonchev–Trinajstić information content (AvgIpc) is 2.58. The molecular formula is C18H13F2NO4. The minimum Gasteiger partial charge on any atom is -0.497 e. The van der Waals surface area contributed by atoms with Gasteiger partial charge < -0.3 is 14.8 Å². The first kappa shape index (κ1) is 16.6. The highest BCUT2D eigenvalue weighted by Gasteiger charge is 2.19. The number of methoxy groups -OCH3 is 1. The van der Waals surface area contributed by atoms with Gasteiger partial charge in [-0.05, 0) is 17.7 Å². The summed E-state index contributed by atoms with van der Waals surface area (Å²) in [5.74, 6) is -2.77. The molecule has 0 atom stereocenters. The molecule has 2 N–H and O–H groups in total. The number of carboxylic acid groups (broad SMARTS) is 1. The lowest BCUT2D eigenvalue weighted by Crippen LogP contribution is -2.17. The van der Waals surface area contributed by atoms with Gasteiger partial charge in [-0.15, -0.1) is 0 Å².